The molecule has 4 nitrogen and oxygen atoms in total. The second-order valence-corrected chi connectivity index (χ2v) is 6.75. The average Bonchev–Trinajstić information content (AvgIpc) is 2.81. The van der Waals surface area contributed by atoms with Crippen molar-refractivity contribution in [2.45, 2.75) is 37.1 Å². The van der Waals surface area contributed by atoms with Gasteiger partial charge in [-0.05, 0) is 36.6 Å². The Bertz CT molecular complexity index is 488. The fourth-order valence-electron chi connectivity index (χ4n) is 2.07. The van der Waals surface area contributed by atoms with Gasteiger partial charge in [0.15, 0.2) is 0 Å². The molecule has 1 atom stereocenters. The molecule has 0 radical (unpaired) electrons. The minimum atomic E-state index is -3.38. The van der Waals surface area contributed by atoms with Crippen LogP contribution < -0.4 is 10.0 Å². The number of nitrogens with one attached hydrogen (secondary N) is 2. The number of benzene rings is 1. The van der Waals surface area contributed by atoms with Crippen molar-refractivity contribution in [3.05, 3.63) is 29.8 Å². The highest BCUT2D eigenvalue weighted by atomic mass is 32.2. The summed E-state index contributed by atoms with van der Waals surface area (Å²) in [6, 6.07) is 7.14. The summed E-state index contributed by atoms with van der Waals surface area (Å²) in [6.45, 7) is 5.76. The van der Waals surface area contributed by atoms with E-state index in [4.69, 9.17) is 0 Å². The Morgan fingerprint density at radius 1 is 1.28 bits per heavy atom. The van der Waals surface area contributed by atoms with Gasteiger partial charge in [0.25, 0.3) is 0 Å². The summed E-state index contributed by atoms with van der Waals surface area (Å²) in [5.74, 6) is 0.411. The maximum atomic E-state index is 12.1. The molecule has 2 rings (SSSR count). The van der Waals surface area contributed by atoms with Crippen LogP contribution in [-0.2, 0) is 10.0 Å². The molecule has 2 N–H and O–H groups in total. The fourth-order valence-corrected chi connectivity index (χ4v) is 3.35. The number of sulfonamides is 1. The summed E-state index contributed by atoms with van der Waals surface area (Å²) in [5, 5.41) is 3.14. The van der Waals surface area contributed by atoms with Gasteiger partial charge in [-0.2, -0.15) is 0 Å². The Balaban J connectivity index is 2.13. The normalized spacial score (nSPS) is 20.5. The molecular formula is C13H20N2O2S. The second kappa shape index (κ2) is 5.38. The molecule has 0 aromatic heterocycles. The van der Waals surface area contributed by atoms with E-state index >= 15 is 0 Å². The molecule has 1 aromatic rings. The van der Waals surface area contributed by atoms with Gasteiger partial charge in [-0.25, -0.2) is 13.1 Å². The molecule has 0 unspecified atom stereocenters. The summed E-state index contributed by atoms with van der Waals surface area (Å²) in [7, 11) is -3.38. The highest BCUT2D eigenvalue weighted by Gasteiger charge is 2.22. The van der Waals surface area contributed by atoms with Gasteiger partial charge in [-0.3, -0.25) is 0 Å². The Morgan fingerprint density at radius 2 is 1.94 bits per heavy atom. The van der Waals surface area contributed by atoms with Gasteiger partial charge in [0.05, 0.1) is 4.90 Å². The quantitative estimate of drug-likeness (QED) is 0.869. The molecule has 0 spiro atoms. The zero-order chi connectivity index (χ0) is 13.2. The van der Waals surface area contributed by atoms with Gasteiger partial charge in [0.1, 0.15) is 0 Å². The molecule has 1 fully saturated rings. The first-order chi connectivity index (χ1) is 8.49. The molecule has 0 amide bonds. The molecular weight excluding hydrogens is 248 g/mol. The Hall–Kier alpha value is -0.910. The fraction of sp³-hybridized carbons (Fsp3) is 0.538. The van der Waals surface area contributed by atoms with Gasteiger partial charge in [-0.15, -0.1) is 0 Å². The Morgan fingerprint density at radius 3 is 2.44 bits per heavy atom. The van der Waals surface area contributed by atoms with Crippen LogP contribution in [0.2, 0.25) is 0 Å². The second-order valence-electron chi connectivity index (χ2n) is 5.03. The molecule has 18 heavy (non-hydrogen) atoms. The van der Waals surface area contributed by atoms with Gasteiger partial charge in [0.2, 0.25) is 10.0 Å². The van der Waals surface area contributed by atoms with E-state index in [1.807, 2.05) is 12.1 Å². The van der Waals surface area contributed by atoms with E-state index in [-0.39, 0.29) is 6.04 Å². The standard InChI is InChI=1S/C13H20N2O2S/c1-10(2)11-3-5-13(6-4-11)18(16,17)15-12-7-8-14-9-12/h3-6,10,12,14-15H,7-9H2,1-2H3/t12-/m1/s1. The zero-order valence-corrected chi connectivity index (χ0v) is 11.6. The van der Waals surface area contributed by atoms with Crippen molar-refractivity contribution in [2.75, 3.05) is 13.1 Å². The van der Waals surface area contributed by atoms with E-state index < -0.39 is 10.0 Å². The van der Waals surface area contributed by atoms with Crippen molar-refractivity contribution in [3.63, 3.8) is 0 Å². The molecule has 1 saturated heterocycles. The van der Waals surface area contributed by atoms with Gasteiger partial charge in [-0.1, -0.05) is 26.0 Å². The maximum absolute atomic E-state index is 12.1. The summed E-state index contributed by atoms with van der Waals surface area (Å²) in [6.07, 6.45) is 0.851. The molecule has 5 heteroatoms. The van der Waals surface area contributed by atoms with Crippen molar-refractivity contribution < 1.29 is 8.42 Å². The van der Waals surface area contributed by atoms with Crippen molar-refractivity contribution in [1.82, 2.24) is 10.0 Å². The topological polar surface area (TPSA) is 58.2 Å². The predicted octanol–water partition coefficient (Wildman–Crippen LogP) is 1.45. The van der Waals surface area contributed by atoms with Crippen LogP contribution in [0.4, 0.5) is 0 Å². The third kappa shape index (κ3) is 3.10. The van der Waals surface area contributed by atoms with Crippen LogP contribution in [0.15, 0.2) is 29.2 Å². The first-order valence-electron chi connectivity index (χ1n) is 6.32. The van der Waals surface area contributed by atoms with Crippen LogP contribution >= 0.6 is 0 Å². The van der Waals surface area contributed by atoms with Crippen LogP contribution in [0.25, 0.3) is 0 Å². The van der Waals surface area contributed by atoms with E-state index in [0.717, 1.165) is 18.5 Å². The van der Waals surface area contributed by atoms with E-state index in [0.29, 0.717) is 17.4 Å². The highest BCUT2D eigenvalue weighted by molar-refractivity contribution is 7.89. The first kappa shape index (κ1) is 13.5. The molecule has 1 aliphatic heterocycles. The lowest BCUT2D eigenvalue weighted by Crippen LogP contribution is -2.36. The Labute approximate surface area is 109 Å². The molecule has 0 saturated carbocycles. The SMILES string of the molecule is CC(C)c1ccc(S(=O)(=O)N[C@@H]2CCNC2)cc1. The van der Waals surface area contributed by atoms with Crippen LogP contribution in [0.3, 0.4) is 0 Å². The van der Waals surface area contributed by atoms with Crippen LogP contribution in [0.1, 0.15) is 31.7 Å². The van der Waals surface area contributed by atoms with Crippen LogP contribution in [-0.4, -0.2) is 27.5 Å². The van der Waals surface area contributed by atoms with E-state index in [1.54, 1.807) is 12.1 Å². The van der Waals surface area contributed by atoms with E-state index in [1.165, 1.54) is 0 Å². The molecule has 1 heterocycles. The number of hydrogen-bond acceptors (Lipinski definition) is 3. The van der Waals surface area contributed by atoms with E-state index in [9.17, 15) is 8.42 Å². The van der Waals surface area contributed by atoms with Crippen LogP contribution in [0, 0.1) is 0 Å². The zero-order valence-electron chi connectivity index (χ0n) is 10.8. The number of rotatable bonds is 4. The summed E-state index contributed by atoms with van der Waals surface area (Å²) in [4.78, 5) is 0.346. The van der Waals surface area contributed by atoms with Gasteiger partial charge in [0, 0.05) is 12.6 Å². The van der Waals surface area contributed by atoms with Gasteiger partial charge >= 0.3 is 0 Å². The largest absolute Gasteiger partial charge is 0.315 e. The number of hydrogen-bond donors (Lipinski definition) is 2. The van der Waals surface area contributed by atoms with Crippen molar-refractivity contribution in [1.29, 1.82) is 0 Å². The monoisotopic (exact) mass is 268 g/mol. The summed E-state index contributed by atoms with van der Waals surface area (Å²) in [5.41, 5.74) is 1.15. The molecule has 0 bridgehead atoms. The summed E-state index contributed by atoms with van der Waals surface area (Å²) >= 11 is 0. The lowest BCUT2D eigenvalue weighted by Gasteiger charge is -2.13. The smallest absolute Gasteiger partial charge is 0.240 e. The third-order valence-corrected chi connectivity index (χ3v) is 4.78. The Kier molecular flexibility index (Phi) is 4.04. The van der Waals surface area contributed by atoms with Crippen molar-refractivity contribution in [3.8, 4) is 0 Å². The summed E-state index contributed by atoms with van der Waals surface area (Å²) < 4.78 is 27.0. The first-order valence-corrected chi connectivity index (χ1v) is 7.80. The molecule has 1 aromatic carbocycles. The predicted molar refractivity (Wildman–Crippen MR) is 72.1 cm³/mol. The van der Waals surface area contributed by atoms with Crippen LogP contribution in [0.5, 0.6) is 0 Å². The van der Waals surface area contributed by atoms with Crippen molar-refractivity contribution in [2.24, 2.45) is 0 Å². The lowest BCUT2D eigenvalue weighted by atomic mass is 10.0. The molecule has 1 aliphatic rings. The van der Waals surface area contributed by atoms with E-state index in [2.05, 4.69) is 23.9 Å². The average molecular weight is 268 g/mol. The lowest BCUT2D eigenvalue weighted by molar-refractivity contribution is 0.560. The van der Waals surface area contributed by atoms with Gasteiger partial charge < -0.3 is 5.32 Å². The minimum absolute atomic E-state index is 0.0137. The molecule has 0 aliphatic carbocycles. The third-order valence-electron chi connectivity index (χ3n) is 3.24. The maximum Gasteiger partial charge on any atom is 0.240 e. The van der Waals surface area contributed by atoms with Crippen molar-refractivity contribution >= 4 is 10.0 Å². The molecule has 100 valence electrons. The minimum Gasteiger partial charge on any atom is -0.315 e. The highest BCUT2D eigenvalue weighted by Crippen LogP contribution is 2.17.